The molecule has 2 aliphatic carbocycles. The number of benzene rings is 1. The predicted octanol–water partition coefficient (Wildman–Crippen LogP) is 4.43. The maximum absolute atomic E-state index is 13.8. The van der Waals surface area contributed by atoms with Crippen LogP contribution in [0.15, 0.2) is 22.6 Å². The van der Waals surface area contributed by atoms with Crippen molar-refractivity contribution >= 4 is 16.9 Å². The summed E-state index contributed by atoms with van der Waals surface area (Å²) in [5, 5.41) is 3.76. The van der Waals surface area contributed by atoms with Gasteiger partial charge in [-0.05, 0) is 56.9 Å². The number of hydrogen-bond donors (Lipinski definition) is 1. The molecule has 2 fully saturated rings. The first-order valence-corrected chi connectivity index (χ1v) is 8.53. The zero-order chi connectivity index (χ0) is 16.1. The average molecular weight is 315 g/mol. The molecular formula is C19H22FNO2. The molecule has 23 heavy (non-hydrogen) atoms. The number of nitrogens with one attached hydrogen (secondary N) is 1. The van der Waals surface area contributed by atoms with Gasteiger partial charge in [0.05, 0.1) is 0 Å². The Balaban J connectivity index is 1.55. The summed E-state index contributed by atoms with van der Waals surface area (Å²) in [4.78, 5) is 12.6. The number of hydrogen-bond acceptors (Lipinski definition) is 2. The van der Waals surface area contributed by atoms with Gasteiger partial charge in [-0.25, -0.2) is 4.39 Å². The fraction of sp³-hybridized carbons (Fsp3) is 0.526. The largest absolute Gasteiger partial charge is 0.448 e. The first-order valence-electron chi connectivity index (χ1n) is 8.53. The van der Waals surface area contributed by atoms with Crippen LogP contribution in [-0.2, 0) is 0 Å². The standard InChI is InChI=1S/C19H22FNO2/c1-10-14-4-3-5-16(20)18(14)23-17(10)19(22)21-11(2)15-9-12-6-7-13(15)8-12/h3-5,11-13,15H,6-9H2,1-2H3,(H,21,22)/t11-,12+,13+,15-/m1/s1. The summed E-state index contributed by atoms with van der Waals surface area (Å²) >= 11 is 0. The van der Waals surface area contributed by atoms with Gasteiger partial charge in [0.15, 0.2) is 17.2 Å². The Hall–Kier alpha value is -1.84. The van der Waals surface area contributed by atoms with E-state index in [-0.39, 0.29) is 23.3 Å². The van der Waals surface area contributed by atoms with Gasteiger partial charge >= 0.3 is 0 Å². The second-order valence-electron chi connectivity index (χ2n) is 7.27. The van der Waals surface area contributed by atoms with E-state index in [4.69, 9.17) is 4.42 Å². The normalized spacial score (nSPS) is 27.5. The van der Waals surface area contributed by atoms with E-state index in [9.17, 15) is 9.18 Å². The van der Waals surface area contributed by atoms with Crippen LogP contribution in [0.5, 0.6) is 0 Å². The smallest absolute Gasteiger partial charge is 0.287 e. The Labute approximate surface area is 135 Å². The number of amides is 1. The number of carbonyl (C=O) groups is 1. The minimum absolute atomic E-state index is 0.134. The molecule has 0 saturated heterocycles. The Morgan fingerprint density at radius 1 is 1.35 bits per heavy atom. The summed E-state index contributed by atoms with van der Waals surface area (Å²) in [6.07, 6.45) is 5.19. The molecule has 1 heterocycles. The molecule has 0 spiro atoms. The van der Waals surface area contributed by atoms with Gasteiger partial charge in [0, 0.05) is 17.0 Å². The van der Waals surface area contributed by atoms with E-state index in [1.54, 1.807) is 12.1 Å². The van der Waals surface area contributed by atoms with Gasteiger partial charge in [0.25, 0.3) is 5.91 Å². The second-order valence-corrected chi connectivity index (χ2v) is 7.27. The van der Waals surface area contributed by atoms with Crippen molar-refractivity contribution in [3.8, 4) is 0 Å². The minimum Gasteiger partial charge on any atom is -0.448 e. The summed E-state index contributed by atoms with van der Waals surface area (Å²) in [6.45, 7) is 3.89. The van der Waals surface area contributed by atoms with Crippen LogP contribution >= 0.6 is 0 Å². The lowest BCUT2D eigenvalue weighted by molar-refractivity contribution is 0.0888. The van der Waals surface area contributed by atoms with Crippen molar-refractivity contribution < 1.29 is 13.6 Å². The number of aryl methyl sites for hydroxylation is 1. The molecule has 1 aromatic carbocycles. The van der Waals surface area contributed by atoms with Gasteiger partial charge in [-0.15, -0.1) is 0 Å². The Morgan fingerprint density at radius 3 is 2.83 bits per heavy atom. The lowest BCUT2D eigenvalue weighted by Crippen LogP contribution is -2.40. The van der Waals surface area contributed by atoms with Crippen LogP contribution in [0.4, 0.5) is 4.39 Å². The molecule has 0 unspecified atom stereocenters. The molecule has 1 N–H and O–H groups in total. The monoisotopic (exact) mass is 315 g/mol. The maximum Gasteiger partial charge on any atom is 0.287 e. The van der Waals surface area contributed by atoms with Gasteiger partial charge in [0.2, 0.25) is 0 Å². The molecule has 4 heteroatoms. The number of carbonyl (C=O) groups excluding carboxylic acids is 1. The first-order chi connectivity index (χ1) is 11.0. The van der Waals surface area contributed by atoms with Crippen LogP contribution in [0.1, 0.15) is 48.7 Å². The third-order valence-electron chi connectivity index (χ3n) is 5.92. The molecule has 2 aliphatic rings. The van der Waals surface area contributed by atoms with E-state index < -0.39 is 5.82 Å². The van der Waals surface area contributed by atoms with Crippen molar-refractivity contribution in [1.29, 1.82) is 0 Å². The molecule has 2 saturated carbocycles. The quantitative estimate of drug-likeness (QED) is 0.910. The van der Waals surface area contributed by atoms with Crippen molar-refractivity contribution in [2.75, 3.05) is 0 Å². The number of rotatable bonds is 3. The van der Waals surface area contributed by atoms with Crippen LogP contribution in [0, 0.1) is 30.5 Å². The van der Waals surface area contributed by atoms with Gasteiger partial charge in [-0.3, -0.25) is 4.79 Å². The van der Waals surface area contributed by atoms with Crippen LogP contribution in [-0.4, -0.2) is 11.9 Å². The number of fused-ring (bicyclic) bond motifs is 3. The van der Waals surface area contributed by atoms with Gasteiger partial charge in [-0.2, -0.15) is 0 Å². The molecule has 0 radical (unpaired) electrons. The van der Waals surface area contributed by atoms with Gasteiger partial charge in [0.1, 0.15) is 0 Å². The predicted molar refractivity (Wildman–Crippen MR) is 86.8 cm³/mol. The minimum atomic E-state index is -0.425. The molecule has 2 bridgehead atoms. The van der Waals surface area contributed by atoms with E-state index in [2.05, 4.69) is 12.2 Å². The van der Waals surface area contributed by atoms with Crippen molar-refractivity contribution in [2.45, 2.75) is 45.6 Å². The molecule has 0 aliphatic heterocycles. The Morgan fingerprint density at radius 2 is 2.17 bits per heavy atom. The van der Waals surface area contributed by atoms with E-state index in [1.807, 2.05) is 6.92 Å². The fourth-order valence-corrected chi connectivity index (χ4v) is 4.71. The summed E-state index contributed by atoms with van der Waals surface area (Å²) in [5.41, 5.74) is 0.875. The highest BCUT2D eigenvalue weighted by Gasteiger charge is 2.42. The summed E-state index contributed by atoms with van der Waals surface area (Å²) in [7, 11) is 0. The number of halogens is 1. The van der Waals surface area contributed by atoms with E-state index in [0.717, 1.165) is 11.8 Å². The molecule has 122 valence electrons. The van der Waals surface area contributed by atoms with E-state index in [1.165, 1.54) is 31.7 Å². The van der Waals surface area contributed by atoms with Crippen molar-refractivity contribution in [3.63, 3.8) is 0 Å². The highest BCUT2D eigenvalue weighted by Crippen LogP contribution is 2.49. The molecule has 1 aromatic heterocycles. The third-order valence-corrected chi connectivity index (χ3v) is 5.92. The van der Waals surface area contributed by atoms with Crippen LogP contribution < -0.4 is 5.32 Å². The van der Waals surface area contributed by atoms with E-state index in [0.29, 0.717) is 16.9 Å². The summed E-state index contributed by atoms with van der Waals surface area (Å²) in [6, 6.07) is 4.91. The zero-order valence-electron chi connectivity index (χ0n) is 13.6. The lowest BCUT2D eigenvalue weighted by atomic mass is 9.84. The summed E-state index contributed by atoms with van der Waals surface area (Å²) < 4.78 is 19.4. The molecule has 2 aromatic rings. The Bertz CT molecular complexity index is 766. The fourth-order valence-electron chi connectivity index (χ4n) is 4.71. The zero-order valence-corrected chi connectivity index (χ0v) is 13.6. The van der Waals surface area contributed by atoms with Crippen molar-refractivity contribution in [3.05, 3.63) is 35.3 Å². The van der Waals surface area contributed by atoms with Crippen molar-refractivity contribution in [1.82, 2.24) is 5.32 Å². The van der Waals surface area contributed by atoms with Gasteiger partial charge in [-0.1, -0.05) is 18.6 Å². The SMILES string of the molecule is Cc1c(C(=O)N[C@H](C)[C@H]2C[C@H]3CC[C@H]2C3)oc2c(F)cccc12. The molecule has 4 atom stereocenters. The van der Waals surface area contributed by atoms with E-state index >= 15 is 0 Å². The first kappa shape index (κ1) is 14.7. The van der Waals surface area contributed by atoms with Crippen molar-refractivity contribution in [2.24, 2.45) is 17.8 Å². The molecule has 4 rings (SSSR count). The second kappa shape index (κ2) is 5.36. The van der Waals surface area contributed by atoms with Gasteiger partial charge < -0.3 is 9.73 Å². The van der Waals surface area contributed by atoms with Crippen LogP contribution in [0.2, 0.25) is 0 Å². The Kier molecular flexibility index (Phi) is 3.43. The lowest BCUT2D eigenvalue weighted by Gasteiger charge is -2.28. The van der Waals surface area contributed by atoms with Crippen LogP contribution in [0.3, 0.4) is 0 Å². The molecule has 3 nitrogen and oxygen atoms in total. The number of furan rings is 1. The summed E-state index contributed by atoms with van der Waals surface area (Å²) in [5.74, 6) is 1.76. The molecular weight excluding hydrogens is 293 g/mol. The average Bonchev–Trinajstić information content (AvgIpc) is 3.22. The highest BCUT2D eigenvalue weighted by atomic mass is 19.1. The third kappa shape index (κ3) is 2.35. The highest BCUT2D eigenvalue weighted by molar-refractivity contribution is 5.99. The number of para-hydroxylation sites is 1. The molecule has 1 amide bonds. The maximum atomic E-state index is 13.8. The van der Waals surface area contributed by atoms with Crippen LogP contribution in [0.25, 0.3) is 11.0 Å². The topological polar surface area (TPSA) is 42.2 Å².